The molecule has 2 rings (SSSR count). The molecule has 1 N–H and O–H groups in total. The standard InChI is InChI=1S/C17H15IN2O6/c1-4-5-26-15-11(18)6-10(8-13(15)24-2)7-12-16(22)20(17(23)19-12)9-14(21)25-3/h1,6-8H,5,9H2,2-3H3,(H,19,23). The first-order valence-electron chi connectivity index (χ1n) is 7.26. The minimum absolute atomic E-state index is 0.0362. The minimum atomic E-state index is -0.694. The van der Waals surface area contributed by atoms with Gasteiger partial charge >= 0.3 is 12.0 Å². The van der Waals surface area contributed by atoms with E-state index in [9.17, 15) is 14.4 Å². The van der Waals surface area contributed by atoms with E-state index in [-0.39, 0.29) is 12.3 Å². The maximum absolute atomic E-state index is 12.3. The molecule has 0 bridgehead atoms. The van der Waals surface area contributed by atoms with Gasteiger partial charge in [0.1, 0.15) is 18.8 Å². The molecule has 1 aliphatic heterocycles. The molecule has 0 spiro atoms. The van der Waals surface area contributed by atoms with Gasteiger partial charge in [0.25, 0.3) is 5.91 Å². The average molecular weight is 470 g/mol. The number of halogens is 1. The minimum Gasteiger partial charge on any atom is -0.493 e. The van der Waals surface area contributed by atoms with Crippen LogP contribution in [-0.2, 0) is 14.3 Å². The maximum Gasteiger partial charge on any atom is 0.329 e. The number of benzene rings is 1. The van der Waals surface area contributed by atoms with Crippen LogP contribution < -0.4 is 14.8 Å². The number of ether oxygens (including phenoxy) is 3. The maximum atomic E-state index is 12.3. The van der Waals surface area contributed by atoms with E-state index in [1.165, 1.54) is 20.3 Å². The molecular formula is C17H15IN2O6. The fourth-order valence-electron chi connectivity index (χ4n) is 2.15. The molecule has 1 aromatic carbocycles. The topological polar surface area (TPSA) is 94.2 Å². The van der Waals surface area contributed by atoms with Crippen molar-refractivity contribution in [3.05, 3.63) is 27.0 Å². The number of urea groups is 1. The third-order valence-electron chi connectivity index (χ3n) is 3.34. The number of rotatable bonds is 6. The van der Waals surface area contributed by atoms with Crippen LogP contribution in [0.2, 0.25) is 0 Å². The molecule has 1 saturated heterocycles. The molecule has 9 heteroatoms. The molecule has 0 aromatic heterocycles. The van der Waals surface area contributed by atoms with Crippen molar-refractivity contribution in [3.63, 3.8) is 0 Å². The summed E-state index contributed by atoms with van der Waals surface area (Å²) in [4.78, 5) is 36.3. The highest BCUT2D eigenvalue weighted by Gasteiger charge is 2.35. The van der Waals surface area contributed by atoms with Crippen molar-refractivity contribution in [2.45, 2.75) is 0 Å². The second-order valence-corrected chi connectivity index (χ2v) is 6.14. The smallest absolute Gasteiger partial charge is 0.329 e. The number of nitrogens with zero attached hydrogens (tertiary/aromatic N) is 1. The molecule has 1 fully saturated rings. The highest BCUT2D eigenvalue weighted by molar-refractivity contribution is 14.1. The van der Waals surface area contributed by atoms with Crippen LogP contribution in [0.25, 0.3) is 6.08 Å². The van der Waals surface area contributed by atoms with Crippen LogP contribution >= 0.6 is 22.6 Å². The van der Waals surface area contributed by atoms with Crippen molar-refractivity contribution >= 4 is 46.6 Å². The first-order chi connectivity index (χ1) is 12.4. The Kier molecular flexibility index (Phi) is 6.46. The average Bonchev–Trinajstić information content (AvgIpc) is 2.87. The summed E-state index contributed by atoms with van der Waals surface area (Å²) in [5.74, 6) is 1.98. The number of hydrogen-bond acceptors (Lipinski definition) is 6. The number of carbonyl (C=O) groups excluding carboxylic acids is 3. The van der Waals surface area contributed by atoms with E-state index in [2.05, 4.69) is 16.0 Å². The fourth-order valence-corrected chi connectivity index (χ4v) is 2.93. The summed E-state index contributed by atoms with van der Waals surface area (Å²) >= 11 is 2.05. The van der Waals surface area contributed by atoms with E-state index in [4.69, 9.17) is 15.9 Å². The van der Waals surface area contributed by atoms with Gasteiger partial charge in [-0.2, -0.15) is 0 Å². The van der Waals surface area contributed by atoms with E-state index in [0.29, 0.717) is 20.6 Å². The van der Waals surface area contributed by atoms with Crippen molar-refractivity contribution in [1.82, 2.24) is 10.2 Å². The Bertz CT molecular complexity index is 827. The lowest BCUT2D eigenvalue weighted by molar-refractivity contribution is -0.143. The Balaban J connectivity index is 2.31. The highest BCUT2D eigenvalue weighted by atomic mass is 127. The van der Waals surface area contributed by atoms with E-state index in [1.807, 2.05) is 22.6 Å². The molecule has 1 heterocycles. The largest absolute Gasteiger partial charge is 0.493 e. The van der Waals surface area contributed by atoms with E-state index >= 15 is 0 Å². The first kappa shape index (κ1) is 19.6. The number of carbonyl (C=O) groups is 3. The van der Waals surface area contributed by atoms with Crippen molar-refractivity contribution < 1.29 is 28.6 Å². The summed E-state index contributed by atoms with van der Waals surface area (Å²) in [7, 11) is 2.65. The summed E-state index contributed by atoms with van der Waals surface area (Å²) in [6.45, 7) is -0.373. The molecule has 8 nitrogen and oxygen atoms in total. The van der Waals surface area contributed by atoms with Gasteiger partial charge < -0.3 is 19.5 Å². The Morgan fingerprint density at radius 2 is 2.12 bits per heavy atom. The molecule has 0 aliphatic carbocycles. The third-order valence-corrected chi connectivity index (χ3v) is 4.14. The molecular weight excluding hydrogens is 455 g/mol. The molecule has 0 saturated carbocycles. The van der Waals surface area contributed by atoms with Crippen LogP contribution in [0.3, 0.4) is 0 Å². The normalized spacial score (nSPS) is 14.8. The van der Waals surface area contributed by atoms with Gasteiger partial charge in [0.2, 0.25) is 0 Å². The summed E-state index contributed by atoms with van der Waals surface area (Å²) in [5, 5.41) is 2.43. The molecule has 1 aliphatic rings. The zero-order valence-corrected chi connectivity index (χ0v) is 16.2. The predicted molar refractivity (Wildman–Crippen MR) is 100 cm³/mol. The number of terminal acetylenes is 1. The lowest BCUT2D eigenvalue weighted by Crippen LogP contribution is -2.36. The first-order valence-corrected chi connectivity index (χ1v) is 8.34. The van der Waals surface area contributed by atoms with Crippen LogP contribution in [0.1, 0.15) is 5.56 Å². The number of methoxy groups -OCH3 is 2. The van der Waals surface area contributed by atoms with Gasteiger partial charge in [-0.25, -0.2) is 9.69 Å². The van der Waals surface area contributed by atoms with Crippen molar-refractivity contribution in [3.8, 4) is 23.8 Å². The Labute approximate surface area is 163 Å². The van der Waals surface area contributed by atoms with Crippen LogP contribution in [0.5, 0.6) is 11.5 Å². The fraction of sp³-hybridized carbons (Fsp3) is 0.235. The Morgan fingerprint density at radius 3 is 2.73 bits per heavy atom. The van der Waals surface area contributed by atoms with Gasteiger partial charge in [-0.05, 0) is 46.4 Å². The van der Waals surface area contributed by atoms with Crippen LogP contribution in [0, 0.1) is 15.9 Å². The highest BCUT2D eigenvalue weighted by Crippen LogP contribution is 2.34. The molecule has 0 radical (unpaired) electrons. The predicted octanol–water partition coefficient (Wildman–Crippen LogP) is 1.38. The van der Waals surface area contributed by atoms with E-state index < -0.39 is 24.5 Å². The van der Waals surface area contributed by atoms with Crippen LogP contribution in [-0.4, -0.2) is 50.2 Å². The molecule has 3 amide bonds. The number of imide groups is 1. The Morgan fingerprint density at radius 1 is 1.38 bits per heavy atom. The van der Waals surface area contributed by atoms with E-state index in [0.717, 1.165) is 4.90 Å². The molecule has 0 unspecified atom stereocenters. The van der Waals surface area contributed by atoms with Gasteiger partial charge in [0, 0.05) is 0 Å². The SMILES string of the molecule is C#CCOc1c(I)cc(C=C2NC(=O)N(CC(=O)OC)C2=O)cc1OC. The summed E-state index contributed by atoms with van der Waals surface area (Å²) in [6, 6.07) is 2.69. The quantitative estimate of drug-likeness (QED) is 0.222. The number of hydrogen-bond donors (Lipinski definition) is 1. The molecule has 26 heavy (non-hydrogen) atoms. The lowest BCUT2D eigenvalue weighted by atomic mass is 10.1. The third kappa shape index (κ3) is 4.26. The summed E-state index contributed by atoms with van der Waals surface area (Å²) < 4.78 is 15.9. The number of nitrogens with one attached hydrogen (secondary N) is 1. The summed E-state index contributed by atoms with van der Waals surface area (Å²) in [5.41, 5.74) is 0.636. The van der Waals surface area contributed by atoms with Gasteiger partial charge in [-0.15, -0.1) is 6.42 Å². The monoisotopic (exact) mass is 470 g/mol. The van der Waals surface area contributed by atoms with Crippen molar-refractivity contribution in [2.75, 3.05) is 27.4 Å². The number of amides is 3. The number of esters is 1. The second kappa shape index (κ2) is 8.57. The molecule has 136 valence electrons. The van der Waals surface area contributed by atoms with Crippen LogP contribution in [0.4, 0.5) is 4.79 Å². The van der Waals surface area contributed by atoms with Gasteiger partial charge in [0.05, 0.1) is 17.8 Å². The van der Waals surface area contributed by atoms with Gasteiger partial charge in [-0.1, -0.05) is 5.92 Å². The van der Waals surface area contributed by atoms with Crippen LogP contribution in [0.15, 0.2) is 17.8 Å². The zero-order chi connectivity index (χ0) is 19.3. The molecule has 0 atom stereocenters. The van der Waals surface area contributed by atoms with E-state index in [1.54, 1.807) is 12.1 Å². The summed E-state index contributed by atoms with van der Waals surface area (Å²) in [6.07, 6.45) is 6.68. The van der Waals surface area contributed by atoms with Gasteiger partial charge in [-0.3, -0.25) is 9.59 Å². The van der Waals surface area contributed by atoms with Crippen molar-refractivity contribution in [2.24, 2.45) is 0 Å². The van der Waals surface area contributed by atoms with Gasteiger partial charge in [0.15, 0.2) is 11.5 Å². The second-order valence-electron chi connectivity index (χ2n) is 4.98. The molecule has 1 aromatic rings. The lowest BCUT2D eigenvalue weighted by Gasteiger charge is -2.12. The zero-order valence-electron chi connectivity index (χ0n) is 14.0. The Hall–Kier alpha value is -2.74. The van der Waals surface area contributed by atoms with Crippen molar-refractivity contribution in [1.29, 1.82) is 0 Å².